The van der Waals surface area contributed by atoms with Crippen molar-refractivity contribution in [2.45, 2.75) is 83.9 Å². The van der Waals surface area contributed by atoms with Crippen molar-refractivity contribution in [3.63, 3.8) is 0 Å². The summed E-state index contributed by atoms with van der Waals surface area (Å²) in [7, 11) is 2.05. The number of alkyl halides is 3. The van der Waals surface area contributed by atoms with Crippen LogP contribution in [0.25, 0.3) is 12.8 Å². The van der Waals surface area contributed by atoms with E-state index in [4.69, 9.17) is 9.47 Å². The first kappa shape index (κ1) is 37.7. The molecule has 3 aromatic rings. The summed E-state index contributed by atoms with van der Waals surface area (Å²) < 4.78 is 49.9. The smallest absolute Gasteiger partial charge is 0.416 e. The predicted molar refractivity (Wildman–Crippen MR) is 188 cm³/mol. The second-order valence-electron chi connectivity index (χ2n) is 12.9. The molecule has 49 heavy (non-hydrogen) atoms. The van der Waals surface area contributed by atoms with Crippen molar-refractivity contribution < 1.29 is 32.2 Å². The van der Waals surface area contributed by atoms with E-state index < -0.39 is 11.7 Å². The number of benzene rings is 3. The number of ether oxygens (including phenoxy) is 2. The number of rotatable bonds is 16. The summed E-state index contributed by atoms with van der Waals surface area (Å²) in [4.78, 5) is 28.4. The minimum absolute atomic E-state index is 0.0377. The number of ketones is 1. The van der Waals surface area contributed by atoms with Gasteiger partial charge in [0, 0.05) is 55.7 Å². The number of hydrogen-bond donors (Lipinski definition) is 1. The van der Waals surface area contributed by atoms with Gasteiger partial charge in [-0.25, -0.2) is 0 Å². The summed E-state index contributed by atoms with van der Waals surface area (Å²) in [5.41, 5.74) is 1.49. The van der Waals surface area contributed by atoms with E-state index in [2.05, 4.69) is 36.8 Å². The predicted octanol–water partition coefficient (Wildman–Crippen LogP) is 7.91. The number of halogens is 3. The van der Waals surface area contributed by atoms with Crippen molar-refractivity contribution in [2.75, 3.05) is 26.7 Å². The van der Waals surface area contributed by atoms with Gasteiger partial charge in [0.1, 0.15) is 11.5 Å². The van der Waals surface area contributed by atoms with E-state index in [1.807, 2.05) is 19.2 Å². The molecule has 0 radical (unpaired) electrons. The van der Waals surface area contributed by atoms with Crippen LogP contribution in [0.4, 0.5) is 13.2 Å². The van der Waals surface area contributed by atoms with Crippen LogP contribution in [0.1, 0.15) is 97.1 Å². The van der Waals surface area contributed by atoms with E-state index in [1.165, 1.54) is 12.1 Å². The first-order valence-corrected chi connectivity index (χ1v) is 17.4. The van der Waals surface area contributed by atoms with Crippen LogP contribution < -0.4 is 20.5 Å². The van der Waals surface area contributed by atoms with E-state index in [1.54, 1.807) is 24.3 Å². The fraction of sp³-hybridized carbons (Fsp3) is 0.450. The van der Waals surface area contributed by atoms with E-state index in [9.17, 15) is 22.8 Å². The van der Waals surface area contributed by atoms with Crippen molar-refractivity contribution in [3.05, 3.63) is 93.4 Å². The third-order valence-corrected chi connectivity index (χ3v) is 9.01. The van der Waals surface area contributed by atoms with Gasteiger partial charge in [-0.1, -0.05) is 32.9 Å². The van der Waals surface area contributed by atoms with Crippen LogP contribution in [0.5, 0.6) is 11.5 Å². The van der Waals surface area contributed by atoms with E-state index >= 15 is 0 Å². The average molecular weight is 679 g/mol. The Kier molecular flexibility index (Phi) is 13.9. The molecule has 1 heterocycles. The third-order valence-electron chi connectivity index (χ3n) is 9.01. The van der Waals surface area contributed by atoms with Gasteiger partial charge in [-0.05, 0) is 116 Å². The highest BCUT2D eigenvalue weighted by atomic mass is 19.4. The fourth-order valence-corrected chi connectivity index (χ4v) is 6.41. The number of nitrogens with zero attached hydrogens (tertiary/aromatic N) is 1. The number of Topliss-reactive ketones (excluding diaryl/α,β-unsaturated/α-hetero) is 1. The van der Waals surface area contributed by atoms with Gasteiger partial charge in [0.25, 0.3) is 5.91 Å². The second-order valence-corrected chi connectivity index (χ2v) is 12.9. The summed E-state index contributed by atoms with van der Waals surface area (Å²) in [6.07, 6.45) is 5.78. The van der Waals surface area contributed by atoms with Crippen LogP contribution in [0.3, 0.4) is 0 Å². The molecule has 1 aliphatic heterocycles. The number of carbonyl (C=O) groups is 2. The molecule has 1 fully saturated rings. The van der Waals surface area contributed by atoms with E-state index in [0.717, 1.165) is 86.2 Å². The molecule has 1 unspecified atom stereocenters. The van der Waals surface area contributed by atoms with Crippen LogP contribution >= 0.6 is 0 Å². The molecular formula is C40H49F3N2O4. The van der Waals surface area contributed by atoms with Gasteiger partial charge in [0.05, 0.1) is 11.7 Å². The zero-order valence-electron chi connectivity index (χ0n) is 28.9. The lowest BCUT2D eigenvalue weighted by molar-refractivity contribution is -0.137. The van der Waals surface area contributed by atoms with Crippen LogP contribution in [-0.2, 0) is 17.3 Å². The molecule has 264 valence electrons. The summed E-state index contributed by atoms with van der Waals surface area (Å²) in [6, 6.07) is 15.0. The number of hydrogen-bond acceptors (Lipinski definition) is 5. The van der Waals surface area contributed by atoms with Gasteiger partial charge in [0.2, 0.25) is 0 Å². The average Bonchev–Trinajstić information content (AvgIpc) is 3.08. The zero-order chi connectivity index (χ0) is 35.4. The lowest BCUT2D eigenvalue weighted by atomic mass is 9.94. The van der Waals surface area contributed by atoms with Crippen molar-refractivity contribution in [1.29, 1.82) is 0 Å². The van der Waals surface area contributed by atoms with Gasteiger partial charge in [0.15, 0.2) is 5.78 Å². The van der Waals surface area contributed by atoms with Crippen molar-refractivity contribution in [3.8, 4) is 11.5 Å². The first-order chi connectivity index (χ1) is 23.5. The lowest BCUT2D eigenvalue weighted by Gasteiger charge is -2.24. The molecule has 0 bridgehead atoms. The normalized spacial score (nSPS) is 15.9. The number of carbonyl (C=O) groups excluding carboxylic acids is 2. The fourth-order valence-electron chi connectivity index (χ4n) is 6.41. The third kappa shape index (κ3) is 11.2. The molecule has 3 aromatic carbocycles. The molecule has 9 heteroatoms. The molecular weight excluding hydrogens is 629 g/mol. The van der Waals surface area contributed by atoms with Gasteiger partial charge >= 0.3 is 6.18 Å². The van der Waals surface area contributed by atoms with Crippen molar-refractivity contribution >= 4 is 24.5 Å². The standard InChI is InChI=1S/C40H49F3N2O4/c1-5-10-29(11-9-13-38(46)30-15-19-32(20-16-30)49-33-21-17-31(18-22-33)40(41,42)43)26-45(4)27-37-28(3)14-23-36(35(37)6-2)39(47)44-25-34-12-7-8-24-48-34/h14-23,27,29,34H,3,5-13,24-26H2,1-2,4H3,(H,44,47)/b37-27+/t29?,34-/m1/s1. The molecule has 1 amide bonds. The topological polar surface area (TPSA) is 67.9 Å². The molecule has 0 aliphatic carbocycles. The quantitative estimate of drug-likeness (QED) is 0.156. The SMILES string of the molecule is C=c1ccc(C(=O)NC[C@H]2CCCCO2)c(CC)/c1=C/N(C)CC(CCC)CCCC(=O)c1ccc(Oc2ccc(C(F)(F)F)cc2)cc1. The lowest BCUT2D eigenvalue weighted by Crippen LogP contribution is -2.38. The van der Waals surface area contributed by atoms with Crippen molar-refractivity contribution in [2.24, 2.45) is 5.92 Å². The Morgan fingerprint density at radius 2 is 1.71 bits per heavy atom. The number of amides is 1. The van der Waals surface area contributed by atoms with Crippen molar-refractivity contribution in [1.82, 2.24) is 10.2 Å². The second kappa shape index (κ2) is 18.0. The van der Waals surface area contributed by atoms with Gasteiger partial charge in [-0.2, -0.15) is 13.2 Å². The molecule has 6 nitrogen and oxygen atoms in total. The molecule has 0 saturated carbocycles. The van der Waals surface area contributed by atoms with Crippen LogP contribution in [-0.4, -0.2) is 49.4 Å². The Morgan fingerprint density at radius 3 is 2.33 bits per heavy atom. The summed E-state index contributed by atoms with van der Waals surface area (Å²) in [6.45, 7) is 10.6. The maximum atomic E-state index is 13.2. The molecule has 1 aliphatic rings. The highest BCUT2D eigenvalue weighted by Crippen LogP contribution is 2.31. The molecule has 4 rings (SSSR count). The first-order valence-electron chi connectivity index (χ1n) is 17.4. The minimum Gasteiger partial charge on any atom is -0.457 e. The Hall–Kier alpha value is -4.11. The van der Waals surface area contributed by atoms with Gasteiger partial charge in [-0.3, -0.25) is 9.59 Å². The largest absolute Gasteiger partial charge is 0.457 e. The summed E-state index contributed by atoms with van der Waals surface area (Å²) in [5.74, 6) is 1.07. The van der Waals surface area contributed by atoms with Crippen LogP contribution in [0.2, 0.25) is 0 Å². The van der Waals surface area contributed by atoms with Crippen LogP contribution in [0, 0.1) is 5.92 Å². The Bertz CT molecular complexity index is 1630. The Balaban J connectivity index is 1.32. The molecule has 2 atom stereocenters. The maximum Gasteiger partial charge on any atom is 0.416 e. The monoisotopic (exact) mass is 678 g/mol. The highest BCUT2D eigenvalue weighted by Gasteiger charge is 2.30. The van der Waals surface area contributed by atoms with Gasteiger partial charge in [-0.15, -0.1) is 0 Å². The van der Waals surface area contributed by atoms with E-state index in [0.29, 0.717) is 42.2 Å². The maximum absolute atomic E-state index is 13.2. The molecule has 0 spiro atoms. The molecule has 1 N–H and O–H groups in total. The Morgan fingerprint density at radius 1 is 1.02 bits per heavy atom. The highest BCUT2D eigenvalue weighted by molar-refractivity contribution is 5.96. The molecule has 1 saturated heterocycles. The minimum atomic E-state index is -4.40. The van der Waals surface area contributed by atoms with Gasteiger partial charge < -0.3 is 19.7 Å². The summed E-state index contributed by atoms with van der Waals surface area (Å²) >= 11 is 0. The molecule has 0 aromatic heterocycles. The summed E-state index contributed by atoms with van der Waals surface area (Å²) in [5, 5.41) is 4.93. The van der Waals surface area contributed by atoms with E-state index in [-0.39, 0.29) is 23.5 Å². The Labute approximate surface area is 288 Å². The number of nitrogens with one attached hydrogen (secondary N) is 1. The zero-order valence-corrected chi connectivity index (χ0v) is 28.9. The van der Waals surface area contributed by atoms with Crippen LogP contribution in [0.15, 0.2) is 60.7 Å².